The van der Waals surface area contributed by atoms with Gasteiger partial charge in [0.05, 0.1) is 6.61 Å². The minimum Gasteiger partial charge on any atom is -0.394 e. The molecule has 0 aromatic heterocycles. The number of aliphatic hydroxyl groups is 4. The Hall–Kier alpha value is -1.51. The van der Waals surface area contributed by atoms with E-state index in [1.807, 2.05) is 6.92 Å². The van der Waals surface area contributed by atoms with E-state index >= 15 is 0 Å². The number of hydrogen-bond donors (Lipinski definition) is 5. The number of aliphatic hydroxyl groups excluding tert-OH is 4. The minimum atomic E-state index is -1.51. The number of rotatable bonds is 3. The molecule has 1 aliphatic heterocycles. The molecule has 2 rings (SSSR count). The molecule has 116 valence electrons. The SMILES string of the molecule is Cc1ccc(C(=O)N[C@@H]2O[C@H](CO)[C@@H](O)[C@H](O)[C@H]2O)cc1. The van der Waals surface area contributed by atoms with Gasteiger partial charge in [0, 0.05) is 5.56 Å². The highest BCUT2D eigenvalue weighted by atomic mass is 16.6. The summed E-state index contributed by atoms with van der Waals surface area (Å²) >= 11 is 0. The molecule has 1 fully saturated rings. The Morgan fingerprint density at radius 3 is 2.33 bits per heavy atom. The molecule has 1 heterocycles. The fourth-order valence-electron chi connectivity index (χ4n) is 2.14. The molecule has 1 amide bonds. The van der Waals surface area contributed by atoms with Crippen molar-refractivity contribution in [2.75, 3.05) is 6.61 Å². The van der Waals surface area contributed by atoms with Crippen molar-refractivity contribution in [2.24, 2.45) is 0 Å². The standard InChI is InChI=1S/C14H19NO6/c1-7-2-4-8(5-3-7)13(20)15-14-12(19)11(18)10(17)9(6-16)21-14/h2-5,9-12,14,16-19H,6H2,1H3,(H,15,20)/t9-,10-,11+,12-,14-/m1/s1. The smallest absolute Gasteiger partial charge is 0.253 e. The third kappa shape index (κ3) is 3.39. The summed E-state index contributed by atoms with van der Waals surface area (Å²) in [7, 11) is 0. The summed E-state index contributed by atoms with van der Waals surface area (Å²) in [6.07, 6.45) is -6.71. The van der Waals surface area contributed by atoms with Crippen molar-refractivity contribution in [3.05, 3.63) is 35.4 Å². The zero-order valence-corrected chi connectivity index (χ0v) is 11.5. The van der Waals surface area contributed by atoms with Gasteiger partial charge in [0.1, 0.15) is 24.4 Å². The first-order valence-corrected chi connectivity index (χ1v) is 6.62. The third-order valence-corrected chi connectivity index (χ3v) is 3.48. The van der Waals surface area contributed by atoms with Crippen LogP contribution in [0.2, 0.25) is 0 Å². The van der Waals surface area contributed by atoms with Crippen molar-refractivity contribution < 1.29 is 30.0 Å². The predicted molar refractivity (Wildman–Crippen MR) is 72.4 cm³/mol. The van der Waals surface area contributed by atoms with Gasteiger partial charge in [-0.15, -0.1) is 0 Å². The van der Waals surface area contributed by atoms with Crippen molar-refractivity contribution in [3.8, 4) is 0 Å². The van der Waals surface area contributed by atoms with Crippen LogP contribution in [0.4, 0.5) is 0 Å². The maximum absolute atomic E-state index is 12.0. The van der Waals surface area contributed by atoms with Gasteiger partial charge in [-0.05, 0) is 19.1 Å². The Labute approximate surface area is 121 Å². The zero-order valence-electron chi connectivity index (χ0n) is 11.5. The summed E-state index contributed by atoms with van der Waals surface area (Å²) in [6, 6.07) is 6.77. The predicted octanol–water partition coefficient (Wildman–Crippen LogP) is -1.48. The number of nitrogens with one attached hydrogen (secondary N) is 1. The highest BCUT2D eigenvalue weighted by molar-refractivity contribution is 5.94. The van der Waals surface area contributed by atoms with E-state index in [0.717, 1.165) is 5.56 Å². The number of amides is 1. The maximum Gasteiger partial charge on any atom is 0.253 e. The van der Waals surface area contributed by atoms with Gasteiger partial charge < -0.3 is 30.5 Å². The van der Waals surface area contributed by atoms with Crippen LogP contribution in [0.1, 0.15) is 15.9 Å². The second kappa shape index (κ2) is 6.50. The van der Waals surface area contributed by atoms with Gasteiger partial charge in [-0.2, -0.15) is 0 Å². The van der Waals surface area contributed by atoms with Crippen molar-refractivity contribution in [1.82, 2.24) is 5.32 Å². The molecule has 0 spiro atoms. The first-order chi connectivity index (χ1) is 9.93. The minimum absolute atomic E-state index is 0.373. The van der Waals surface area contributed by atoms with E-state index in [0.29, 0.717) is 5.56 Å². The van der Waals surface area contributed by atoms with E-state index in [1.165, 1.54) is 0 Å². The van der Waals surface area contributed by atoms with Gasteiger partial charge in [-0.3, -0.25) is 4.79 Å². The van der Waals surface area contributed by atoms with E-state index < -0.39 is 43.2 Å². The summed E-state index contributed by atoms with van der Waals surface area (Å²) in [5.74, 6) is -0.487. The van der Waals surface area contributed by atoms with E-state index in [2.05, 4.69) is 5.32 Å². The largest absolute Gasteiger partial charge is 0.394 e. The van der Waals surface area contributed by atoms with Crippen molar-refractivity contribution in [1.29, 1.82) is 0 Å². The topological polar surface area (TPSA) is 119 Å². The Morgan fingerprint density at radius 2 is 1.76 bits per heavy atom. The van der Waals surface area contributed by atoms with Crippen molar-refractivity contribution in [2.45, 2.75) is 37.6 Å². The lowest BCUT2D eigenvalue weighted by molar-refractivity contribution is -0.233. The molecule has 5 atom stereocenters. The lowest BCUT2D eigenvalue weighted by Crippen LogP contribution is -2.63. The second-order valence-electron chi connectivity index (χ2n) is 5.09. The van der Waals surface area contributed by atoms with Crippen LogP contribution >= 0.6 is 0 Å². The van der Waals surface area contributed by atoms with E-state index in [-0.39, 0.29) is 0 Å². The molecular formula is C14H19NO6. The molecule has 0 saturated carbocycles. The fraction of sp³-hybridized carbons (Fsp3) is 0.500. The Morgan fingerprint density at radius 1 is 1.14 bits per heavy atom. The molecule has 0 unspecified atom stereocenters. The van der Waals surface area contributed by atoms with Gasteiger partial charge in [0.25, 0.3) is 5.91 Å². The first kappa shape index (κ1) is 15.9. The molecule has 1 aromatic carbocycles. The van der Waals surface area contributed by atoms with Crippen LogP contribution in [-0.2, 0) is 4.74 Å². The average molecular weight is 297 g/mol. The quantitative estimate of drug-likeness (QED) is 0.464. The summed E-state index contributed by atoms with van der Waals surface area (Å²) in [5, 5.41) is 40.6. The summed E-state index contributed by atoms with van der Waals surface area (Å²) in [6.45, 7) is 1.35. The summed E-state index contributed by atoms with van der Waals surface area (Å²) < 4.78 is 5.20. The lowest BCUT2D eigenvalue weighted by Gasteiger charge is -2.40. The van der Waals surface area contributed by atoms with Crippen LogP contribution in [0.5, 0.6) is 0 Å². The lowest BCUT2D eigenvalue weighted by atomic mass is 9.98. The van der Waals surface area contributed by atoms with Crippen LogP contribution in [0, 0.1) is 6.92 Å². The molecule has 7 nitrogen and oxygen atoms in total. The maximum atomic E-state index is 12.0. The molecule has 1 saturated heterocycles. The molecular weight excluding hydrogens is 278 g/mol. The van der Waals surface area contributed by atoms with Gasteiger partial charge in [-0.25, -0.2) is 0 Å². The highest BCUT2D eigenvalue weighted by Gasteiger charge is 2.43. The van der Waals surface area contributed by atoms with E-state index in [9.17, 15) is 20.1 Å². The Balaban J connectivity index is 2.07. The van der Waals surface area contributed by atoms with Crippen molar-refractivity contribution in [3.63, 3.8) is 0 Å². The number of carbonyl (C=O) groups excluding carboxylic acids is 1. The van der Waals surface area contributed by atoms with Crippen LogP contribution in [-0.4, -0.2) is 63.6 Å². The first-order valence-electron chi connectivity index (χ1n) is 6.62. The number of carbonyl (C=O) groups is 1. The second-order valence-corrected chi connectivity index (χ2v) is 5.09. The van der Waals surface area contributed by atoms with Gasteiger partial charge >= 0.3 is 0 Å². The highest BCUT2D eigenvalue weighted by Crippen LogP contribution is 2.20. The van der Waals surface area contributed by atoms with Crippen molar-refractivity contribution >= 4 is 5.91 Å². The molecule has 0 aliphatic carbocycles. The van der Waals surface area contributed by atoms with Gasteiger partial charge in [0.15, 0.2) is 6.23 Å². The van der Waals surface area contributed by atoms with Crippen LogP contribution in [0.25, 0.3) is 0 Å². The van der Waals surface area contributed by atoms with E-state index in [4.69, 9.17) is 9.84 Å². The summed E-state index contributed by atoms with van der Waals surface area (Å²) in [5.41, 5.74) is 1.37. The van der Waals surface area contributed by atoms with Gasteiger partial charge in [-0.1, -0.05) is 17.7 Å². The average Bonchev–Trinajstić information content (AvgIpc) is 2.48. The van der Waals surface area contributed by atoms with E-state index in [1.54, 1.807) is 24.3 Å². The third-order valence-electron chi connectivity index (χ3n) is 3.48. The number of benzene rings is 1. The van der Waals surface area contributed by atoms with Crippen LogP contribution in [0.15, 0.2) is 24.3 Å². The normalized spacial score (nSPS) is 32.7. The van der Waals surface area contributed by atoms with Gasteiger partial charge in [0.2, 0.25) is 0 Å². The molecule has 1 aromatic rings. The number of ether oxygens (including phenoxy) is 1. The monoisotopic (exact) mass is 297 g/mol. The molecule has 1 aliphatic rings. The number of aryl methyl sites for hydroxylation is 1. The van der Waals surface area contributed by atoms with Crippen LogP contribution in [0.3, 0.4) is 0 Å². The van der Waals surface area contributed by atoms with Crippen LogP contribution < -0.4 is 5.32 Å². The molecule has 21 heavy (non-hydrogen) atoms. The Bertz CT molecular complexity index is 489. The Kier molecular flexibility index (Phi) is 4.92. The molecule has 0 bridgehead atoms. The molecule has 0 radical (unpaired) electrons. The fourth-order valence-corrected chi connectivity index (χ4v) is 2.14. The number of hydrogen-bond acceptors (Lipinski definition) is 6. The summed E-state index contributed by atoms with van der Waals surface area (Å²) in [4.78, 5) is 12.0. The molecule has 5 N–H and O–H groups in total. The molecule has 7 heteroatoms. The zero-order chi connectivity index (χ0) is 15.6.